The number of carbonyl (C=O) groups excluding carboxylic acids is 1. The normalized spacial score (nSPS) is 17.7. The van der Waals surface area contributed by atoms with Gasteiger partial charge in [-0.15, -0.1) is 24.0 Å². The van der Waals surface area contributed by atoms with Crippen molar-refractivity contribution < 1.29 is 4.79 Å². The largest absolute Gasteiger partial charge is 0.357 e. The van der Waals surface area contributed by atoms with E-state index in [4.69, 9.17) is 16.6 Å². The van der Waals surface area contributed by atoms with Crippen molar-refractivity contribution in [1.82, 2.24) is 15.5 Å². The molecule has 1 aliphatic rings. The Morgan fingerprint density at radius 2 is 1.97 bits per heavy atom. The molecule has 1 aliphatic carbocycles. The van der Waals surface area contributed by atoms with Crippen molar-refractivity contribution in [1.29, 1.82) is 0 Å². The van der Waals surface area contributed by atoms with Gasteiger partial charge >= 0.3 is 0 Å². The first-order valence-corrected chi connectivity index (χ1v) is 10.5. The molecule has 1 amide bonds. The second kappa shape index (κ2) is 11.6. The molecule has 1 saturated carbocycles. The highest BCUT2D eigenvalue weighted by atomic mass is 127. The highest BCUT2D eigenvalue weighted by Gasteiger charge is 2.39. The molecule has 0 saturated heterocycles. The summed E-state index contributed by atoms with van der Waals surface area (Å²) in [5.41, 5.74) is 3.10. The first-order valence-electron chi connectivity index (χ1n) is 10.1. The monoisotopic (exact) mass is 540 g/mol. The van der Waals surface area contributed by atoms with Gasteiger partial charge in [0.05, 0.1) is 0 Å². The minimum atomic E-state index is 0. The molecule has 0 heterocycles. The topological polar surface area (TPSA) is 56.7 Å². The Labute approximate surface area is 201 Å². The van der Waals surface area contributed by atoms with Crippen LogP contribution in [0.1, 0.15) is 40.7 Å². The average Bonchev–Trinajstić information content (AvgIpc) is 3.47. The number of benzene rings is 2. The van der Waals surface area contributed by atoms with Crippen molar-refractivity contribution in [3.63, 3.8) is 0 Å². The Hall–Kier alpha value is -1.80. The number of carbonyl (C=O) groups is 1. The summed E-state index contributed by atoms with van der Waals surface area (Å²) >= 11 is 6.11. The van der Waals surface area contributed by atoms with Gasteiger partial charge in [-0.3, -0.25) is 9.79 Å². The van der Waals surface area contributed by atoms with Crippen LogP contribution in [0.4, 0.5) is 0 Å². The molecule has 0 spiro atoms. The lowest BCUT2D eigenvalue weighted by Gasteiger charge is -2.12. The molecule has 2 N–H and O–H groups in total. The fourth-order valence-electron chi connectivity index (χ4n) is 3.37. The lowest BCUT2D eigenvalue weighted by molar-refractivity contribution is 0.0827. The average molecular weight is 541 g/mol. The molecule has 1 fully saturated rings. The van der Waals surface area contributed by atoms with Crippen LogP contribution in [0, 0.1) is 0 Å². The lowest BCUT2D eigenvalue weighted by atomic mass is 10.1. The van der Waals surface area contributed by atoms with Crippen molar-refractivity contribution in [2.24, 2.45) is 4.99 Å². The molecule has 162 valence electrons. The fourth-order valence-corrected chi connectivity index (χ4v) is 3.57. The van der Waals surface area contributed by atoms with E-state index in [9.17, 15) is 4.79 Å². The third-order valence-electron chi connectivity index (χ3n) is 4.98. The number of hydrogen-bond donors (Lipinski definition) is 2. The highest BCUT2D eigenvalue weighted by Crippen LogP contribution is 2.41. The van der Waals surface area contributed by atoms with Crippen LogP contribution in [0.2, 0.25) is 5.02 Å². The SMILES string of the molecule is CCNC(=NCCc1cccc(C(=O)N(C)C)c1)NC1CC1c1cccc(Cl)c1.I. The van der Waals surface area contributed by atoms with E-state index in [1.165, 1.54) is 5.56 Å². The lowest BCUT2D eigenvalue weighted by Crippen LogP contribution is -2.39. The summed E-state index contributed by atoms with van der Waals surface area (Å²) in [4.78, 5) is 18.4. The van der Waals surface area contributed by atoms with E-state index in [0.717, 1.165) is 35.9 Å². The first-order chi connectivity index (χ1) is 14.0. The molecule has 3 rings (SSSR count). The number of nitrogens with one attached hydrogen (secondary N) is 2. The number of nitrogens with zero attached hydrogens (tertiary/aromatic N) is 2. The molecule has 7 heteroatoms. The molecule has 0 radical (unpaired) electrons. The smallest absolute Gasteiger partial charge is 0.253 e. The van der Waals surface area contributed by atoms with E-state index in [1.807, 2.05) is 42.5 Å². The Balaban J connectivity index is 0.00000320. The van der Waals surface area contributed by atoms with Crippen LogP contribution >= 0.6 is 35.6 Å². The minimum Gasteiger partial charge on any atom is -0.357 e. The van der Waals surface area contributed by atoms with Crippen LogP contribution < -0.4 is 10.6 Å². The number of aliphatic imine (C=N–C) groups is 1. The van der Waals surface area contributed by atoms with Crippen molar-refractivity contribution in [3.05, 3.63) is 70.2 Å². The van der Waals surface area contributed by atoms with Gasteiger partial charge < -0.3 is 15.5 Å². The highest BCUT2D eigenvalue weighted by molar-refractivity contribution is 14.0. The van der Waals surface area contributed by atoms with E-state index in [1.54, 1.807) is 19.0 Å². The molecular formula is C23H30ClIN4O. The number of rotatable bonds is 7. The molecule has 2 atom stereocenters. The number of amides is 1. The van der Waals surface area contributed by atoms with Crippen LogP contribution in [-0.2, 0) is 6.42 Å². The zero-order chi connectivity index (χ0) is 20.8. The Bertz CT molecular complexity index is 887. The first kappa shape index (κ1) is 24.5. The van der Waals surface area contributed by atoms with Gasteiger partial charge in [0.25, 0.3) is 5.91 Å². The molecule has 2 unspecified atom stereocenters. The maximum absolute atomic E-state index is 12.1. The van der Waals surface area contributed by atoms with Gasteiger partial charge in [-0.1, -0.05) is 35.9 Å². The zero-order valence-corrected chi connectivity index (χ0v) is 20.8. The van der Waals surface area contributed by atoms with Crippen molar-refractivity contribution in [3.8, 4) is 0 Å². The maximum Gasteiger partial charge on any atom is 0.253 e. The van der Waals surface area contributed by atoms with Gasteiger partial charge in [0.15, 0.2) is 5.96 Å². The molecule has 0 aliphatic heterocycles. The summed E-state index contributed by atoms with van der Waals surface area (Å²) in [5, 5.41) is 7.63. The molecule has 5 nitrogen and oxygen atoms in total. The molecule has 0 bridgehead atoms. The maximum atomic E-state index is 12.1. The molecule has 2 aromatic carbocycles. The number of halogens is 2. The number of guanidine groups is 1. The van der Waals surface area contributed by atoms with Crippen molar-refractivity contribution >= 4 is 47.4 Å². The van der Waals surface area contributed by atoms with Gasteiger partial charge in [-0.2, -0.15) is 0 Å². The summed E-state index contributed by atoms with van der Waals surface area (Å²) in [6, 6.07) is 16.2. The summed E-state index contributed by atoms with van der Waals surface area (Å²) in [7, 11) is 3.53. The fraction of sp³-hybridized carbons (Fsp3) is 0.391. The standard InChI is InChI=1S/C23H29ClN4O.HI/c1-4-25-23(27-21-15-20(21)17-8-6-10-19(24)14-17)26-12-11-16-7-5-9-18(13-16)22(29)28(2)3;/h5-10,13-14,20-21H,4,11-12,15H2,1-3H3,(H2,25,26,27);1H. The van der Waals surface area contributed by atoms with Crippen LogP contribution in [0.3, 0.4) is 0 Å². The summed E-state index contributed by atoms with van der Waals surface area (Å²) in [5.74, 6) is 1.33. The van der Waals surface area contributed by atoms with Gasteiger partial charge in [0, 0.05) is 49.7 Å². The zero-order valence-electron chi connectivity index (χ0n) is 17.7. The van der Waals surface area contributed by atoms with E-state index in [-0.39, 0.29) is 29.9 Å². The number of hydrogen-bond acceptors (Lipinski definition) is 2. The van der Waals surface area contributed by atoms with Crippen LogP contribution in [0.15, 0.2) is 53.5 Å². The van der Waals surface area contributed by atoms with Crippen LogP contribution in [-0.4, -0.2) is 50.0 Å². The molecular weight excluding hydrogens is 511 g/mol. The summed E-state index contributed by atoms with van der Waals surface area (Å²) < 4.78 is 0. The third kappa shape index (κ3) is 6.87. The Morgan fingerprint density at radius 1 is 1.20 bits per heavy atom. The van der Waals surface area contributed by atoms with Crippen LogP contribution in [0.5, 0.6) is 0 Å². The Morgan fingerprint density at radius 3 is 2.67 bits per heavy atom. The van der Waals surface area contributed by atoms with E-state index in [2.05, 4.69) is 23.6 Å². The quantitative estimate of drug-likeness (QED) is 0.313. The van der Waals surface area contributed by atoms with Gasteiger partial charge in [-0.05, 0) is 55.2 Å². The summed E-state index contributed by atoms with van der Waals surface area (Å²) in [6.45, 7) is 3.53. The molecule has 2 aromatic rings. The van der Waals surface area contributed by atoms with Gasteiger partial charge in [-0.25, -0.2) is 0 Å². The predicted octanol–water partition coefficient (Wildman–Crippen LogP) is 4.31. The van der Waals surface area contributed by atoms with E-state index >= 15 is 0 Å². The van der Waals surface area contributed by atoms with E-state index < -0.39 is 0 Å². The Kier molecular flexibility index (Phi) is 9.42. The van der Waals surface area contributed by atoms with Gasteiger partial charge in [0.2, 0.25) is 0 Å². The third-order valence-corrected chi connectivity index (χ3v) is 5.22. The second-order valence-corrected chi connectivity index (χ2v) is 8.00. The predicted molar refractivity (Wildman–Crippen MR) is 135 cm³/mol. The molecule has 30 heavy (non-hydrogen) atoms. The van der Waals surface area contributed by atoms with Crippen LogP contribution in [0.25, 0.3) is 0 Å². The van der Waals surface area contributed by atoms with E-state index in [0.29, 0.717) is 24.1 Å². The summed E-state index contributed by atoms with van der Waals surface area (Å²) in [6.07, 6.45) is 1.87. The van der Waals surface area contributed by atoms with Gasteiger partial charge in [0.1, 0.15) is 0 Å². The second-order valence-electron chi connectivity index (χ2n) is 7.56. The molecule has 0 aromatic heterocycles. The van der Waals surface area contributed by atoms with Crippen molar-refractivity contribution in [2.45, 2.75) is 31.7 Å². The minimum absolute atomic E-state index is 0. The van der Waals surface area contributed by atoms with Crippen molar-refractivity contribution in [2.75, 3.05) is 27.2 Å².